The van der Waals surface area contributed by atoms with Crippen molar-refractivity contribution in [1.29, 1.82) is 0 Å². The number of carbonyl (C=O) groups is 2. The third-order valence-electron chi connectivity index (χ3n) is 5.47. The van der Waals surface area contributed by atoms with Crippen LogP contribution in [0.2, 0.25) is 0 Å². The Morgan fingerprint density at radius 1 is 1.15 bits per heavy atom. The van der Waals surface area contributed by atoms with Crippen LogP contribution in [0.15, 0.2) is 54.6 Å². The van der Waals surface area contributed by atoms with E-state index in [4.69, 9.17) is 4.74 Å². The molecule has 1 aliphatic rings. The van der Waals surface area contributed by atoms with Gasteiger partial charge in [-0.05, 0) is 24.1 Å². The largest absolute Gasteiger partial charge is 0.468 e. The molecular formula is C22H22N2O3. The molecule has 5 heteroatoms. The van der Waals surface area contributed by atoms with Crippen LogP contribution < -0.4 is 5.32 Å². The molecule has 2 aromatic carbocycles. The van der Waals surface area contributed by atoms with Crippen molar-refractivity contribution in [1.82, 2.24) is 9.88 Å². The first-order valence-electron chi connectivity index (χ1n) is 9.09. The molecule has 0 aliphatic carbocycles. The zero-order valence-corrected chi connectivity index (χ0v) is 15.4. The summed E-state index contributed by atoms with van der Waals surface area (Å²) in [5.74, 6) is -1.77. The van der Waals surface area contributed by atoms with Crippen molar-refractivity contribution in [2.75, 3.05) is 13.7 Å². The van der Waals surface area contributed by atoms with Gasteiger partial charge in [0.05, 0.1) is 7.11 Å². The third-order valence-corrected chi connectivity index (χ3v) is 5.47. The van der Waals surface area contributed by atoms with Crippen molar-refractivity contribution in [3.8, 4) is 0 Å². The maximum Gasteiger partial charge on any atom is 0.318 e. The summed E-state index contributed by atoms with van der Waals surface area (Å²) < 4.78 is 7.17. The van der Waals surface area contributed by atoms with Gasteiger partial charge in [0, 0.05) is 35.6 Å². The van der Waals surface area contributed by atoms with Gasteiger partial charge in [-0.1, -0.05) is 48.5 Å². The molecule has 1 aliphatic heterocycles. The molecule has 0 saturated carbocycles. The highest BCUT2D eigenvalue weighted by Crippen LogP contribution is 2.38. The molecule has 1 N–H and O–H groups in total. The number of aromatic nitrogens is 1. The Labute approximate surface area is 157 Å². The second-order valence-electron chi connectivity index (χ2n) is 6.94. The number of carbonyl (C=O) groups excluding carboxylic acids is 2. The van der Waals surface area contributed by atoms with Crippen LogP contribution in [-0.2, 0) is 20.9 Å². The number of para-hydroxylation sites is 1. The first-order chi connectivity index (χ1) is 13.1. The molecule has 4 rings (SSSR count). The Kier molecular flexibility index (Phi) is 4.44. The zero-order valence-electron chi connectivity index (χ0n) is 15.4. The number of methoxy groups -OCH3 is 1. The lowest BCUT2D eigenvalue weighted by Gasteiger charge is -2.16. The number of ether oxygens (including phenoxy) is 1. The van der Waals surface area contributed by atoms with Crippen molar-refractivity contribution < 1.29 is 14.3 Å². The molecule has 0 radical (unpaired) electrons. The summed E-state index contributed by atoms with van der Waals surface area (Å²) in [6.45, 7) is 3.25. The quantitative estimate of drug-likeness (QED) is 0.573. The minimum Gasteiger partial charge on any atom is -0.468 e. The monoisotopic (exact) mass is 362 g/mol. The lowest BCUT2D eigenvalue weighted by atomic mass is 9.87. The number of rotatable bonds is 4. The average molecular weight is 362 g/mol. The Bertz CT molecular complexity index is 1010. The fraction of sp³-hybridized carbons (Fsp3) is 0.273. The van der Waals surface area contributed by atoms with E-state index in [-0.39, 0.29) is 11.8 Å². The van der Waals surface area contributed by atoms with E-state index in [2.05, 4.69) is 41.1 Å². The highest BCUT2D eigenvalue weighted by atomic mass is 16.5. The van der Waals surface area contributed by atoms with E-state index in [1.54, 1.807) is 0 Å². The van der Waals surface area contributed by atoms with Crippen LogP contribution >= 0.6 is 0 Å². The van der Waals surface area contributed by atoms with Crippen LogP contribution in [-0.4, -0.2) is 30.1 Å². The number of amides is 1. The molecule has 1 aromatic heterocycles. The fourth-order valence-corrected chi connectivity index (χ4v) is 4.18. The van der Waals surface area contributed by atoms with Gasteiger partial charge in [0.25, 0.3) is 0 Å². The third kappa shape index (κ3) is 2.89. The van der Waals surface area contributed by atoms with Crippen molar-refractivity contribution in [3.05, 3.63) is 71.4 Å². The van der Waals surface area contributed by atoms with E-state index >= 15 is 0 Å². The molecule has 2 unspecified atom stereocenters. The number of nitrogens with one attached hydrogen (secondary N) is 1. The SMILES string of the molecule is COC(=O)C1C(=O)NCC1c1c(C)n(Cc2ccccc2)c2ccccc12. The molecule has 27 heavy (non-hydrogen) atoms. The lowest BCUT2D eigenvalue weighted by molar-refractivity contribution is -0.149. The predicted molar refractivity (Wildman–Crippen MR) is 103 cm³/mol. The molecule has 5 nitrogen and oxygen atoms in total. The predicted octanol–water partition coefficient (Wildman–Crippen LogP) is 3.00. The van der Waals surface area contributed by atoms with Gasteiger partial charge in [-0.3, -0.25) is 9.59 Å². The van der Waals surface area contributed by atoms with Crippen LogP contribution in [0.25, 0.3) is 10.9 Å². The summed E-state index contributed by atoms with van der Waals surface area (Å²) in [5, 5.41) is 3.92. The number of hydrogen-bond acceptors (Lipinski definition) is 3. The molecular weight excluding hydrogens is 340 g/mol. The van der Waals surface area contributed by atoms with Gasteiger partial charge in [0.15, 0.2) is 0 Å². The van der Waals surface area contributed by atoms with Crippen LogP contribution in [0, 0.1) is 12.8 Å². The summed E-state index contributed by atoms with van der Waals surface area (Å²) >= 11 is 0. The molecule has 138 valence electrons. The molecule has 3 aromatic rings. The topological polar surface area (TPSA) is 60.3 Å². The highest BCUT2D eigenvalue weighted by molar-refractivity contribution is 6.02. The summed E-state index contributed by atoms with van der Waals surface area (Å²) in [5.41, 5.74) is 4.44. The molecule has 0 bridgehead atoms. The summed E-state index contributed by atoms with van der Waals surface area (Å²) in [6, 6.07) is 18.4. The first-order valence-corrected chi connectivity index (χ1v) is 9.09. The lowest BCUT2D eigenvalue weighted by Crippen LogP contribution is -2.28. The smallest absolute Gasteiger partial charge is 0.318 e. The Morgan fingerprint density at radius 3 is 2.59 bits per heavy atom. The fourth-order valence-electron chi connectivity index (χ4n) is 4.18. The summed E-state index contributed by atoms with van der Waals surface area (Å²) in [6.07, 6.45) is 0. The van der Waals surface area contributed by atoms with Crippen LogP contribution in [0.1, 0.15) is 22.7 Å². The van der Waals surface area contributed by atoms with Crippen molar-refractivity contribution in [2.45, 2.75) is 19.4 Å². The molecule has 0 spiro atoms. The first kappa shape index (κ1) is 17.3. The molecule has 1 amide bonds. The standard InChI is InChI=1S/C22H22N2O3/c1-14-19(17-12-23-21(25)20(17)22(26)27-2)16-10-6-7-11-18(16)24(14)13-15-8-4-3-5-9-15/h3-11,17,20H,12-13H2,1-2H3,(H,23,25). The molecule has 1 fully saturated rings. The Morgan fingerprint density at radius 2 is 1.85 bits per heavy atom. The maximum atomic E-state index is 12.3. The highest BCUT2D eigenvalue weighted by Gasteiger charge is 2.43. The Balaban J connectivity index is 1.85. The molecule has 2 atom stereocenters. The van der Waals surface area contributed by atoms with Crippen LogP contribution in [0.4, 0.5) is 0 Å². The minimum absolute atomic E-state index is 0.230. The second kappa shape index (κ2) is 6.91. The number of esters is 1. The van der Waals surface area contributed by atoms with Gasteiger partial charge >= 0.3 is 5.97 Å². The minimum atomic E-state index is -0.801. The van der Waals surface area contributed by atoms with Crippen LogP contribution in [0.5, 0.6) is 0 Å². The van der Waals surface area contributed by atoms with Crippen LogP contribution in [0.3, 0.4) is 0 Å². The van der Waals surface area contributed by atoms with E-state index < -0.39 is 11.9 Å². The van der Waals surface area contributed by atoms with Gasteiger partial charge < -0.3 is 14.6 Å². The van der Waals surface area contributed by atoms with Gasteiger partial charge in [0.2, 0.25) is 5.91 Å². The average Bonchev–Trinajstić information content (AvgIpc) is 3.20. The second-order valence-corrected chi connectivity index (χ2v) is 6.94. The van der Waals surface area contributed by atoms with Crippen molar-refractivity contribution >= 4 is 22.8 Å². The maximum absolute atomic E-state index is 12.3. The van der Waals surface area contributed by atoms with E-state index in [0.717, 1.165) is 28.7 Å². The number of benzene rings is 2. The van der Waals surface area contributed by atoms with E-state index in [1.165, 1.54) is 12.7 Å². The summed E-state index contributed by atoms with van der Waals surface area (Å²) in [7, 11) is 1.33. The number of nitrogens with zero attached hydrogens (tertiary/aromatic N) is 1. The van der Waals surface area contributed by atoms with Gasteiger partial charge in [-0.25, -0.2) is 0 Å². The molecule has 1 saturated heterocycles. The van der Waals surface area contributed by atoms with E-state index in [0.29, 0.717) is 6.54 Å². The van der Waals surface area contributed by atoms with Gasteiger partial charge in [0.1, 0.15) is 5.92 Å². The Hall–Kier alpha value is -3.08. The normalized spacial score (nSPS) is 19.3. The number of hydrogen-bond donors (Lipinski definition) is 1. The number of fused-ring (bicyclic) bond motifs is 1. The zero-order chi connectivity index (χ0) is 19.0. The van der Waals surface area contributed by atoms with E-state index in [1.807, 2.05) is 30.3 Å². The van der Waals surface area contributed by atoms with Crippen molar-refractivity contribution in [2.24, 2.45) is 5.92 Å². The van der Waals surface area contributed by atoms with Gasteiger partial charge in [-0.2, -0.15) is 0 Å². The molecule has 2 heterocycles. The summed E-state index contributed by atoms with van der Waals surface area (Å²) in [4.78, 5) is 24.5. The van der Waals surface area contributed by atoms with Crippen molar-refractivity contribution in [3.63, 3.8) is 0 Å². The van der Waals surface area contributed by atoms with Gasteiger partial charge in [-0.15, -0.1) is 0 Å². The van der Waals surface area contributed by atoms with E-state index in [9.17, 15) is 9.59 Å².